The van der Waals surface area contributed by atoms with Gasteiger partial charge in [-0.05, 0) is 63.7 Å². The van der Waals surface area contributed by atoms with Crippen molar-refractivity contribution >= 4 is 0 Å². The molecule has 1 aliphatic heterocycles. The van der Waals surface area contributed by atoms with Crippen molar-refractivity contribution in [2.24, 2.45) is 5.92 Å². The molecule has 0 aliphatic carbocycles. The Hall–Kier alpha value is -0.800. The van der Waals surface area contributed by atoms with Crippen molar-refractivity contribution in [3.63, 3.8) is 0 Å². The van der Waals surface area contributed by atoms with E-state index in [1.807, 2.05) is 12.3 Å². The summed E-state index contributed by atoms with van der Waals surface area (Å²) in [6.45, 7) is 5.38. The number of hydrogen-bond donors (Lipinski definition) is 2. The molecule has 0 spiro atoms. The van der Waals surface area contributed by atoms with Crippen LogP contribution >= 0.6 is 0 Å². The van der Waals surface area contributed by atoms with E-state index in [1.54, 1.807) is 0 Å². The fraction of sp³-hybridized carbons (Fsp3) is 0.714. The summed E-state index contributed by atoms with van der Waals surface area (Å²) in [5, 5.41) is 3.46. The molecule has 17 heavy (non-hydrogen) atoms. The van der Waals surface area contributed by atoms with Gasteiger partial charge in [-0.25, -0.2) is 0 Å². The molecule has 3 nitrogen and oxygen atoms in total. The third-order valence-electron chi connectivity index (χ3n) is 3.58. The summed E-state index contributed by atoms with van der Waals surface area (Å²) in [6.07, 6.45) is 7.34. The molecule has 2 atom stereocenters. The number of aromatic amines is 1. The zero-order chi connectivity index (χ0) is 11.9. The lowest BCUT2D eigenvalue weighted by molar-refractivity contribution is 0.0578. The summed E-state index contributed by atoms with van der Waals surface area (Å²) in [4.78, 5) is 3.19. The Labute approximate surface area is 104 Å². The van der Waals surface area contributed by atoms with Gasteiger partial charge in [-0.2, -0.15) is 0 Å². The Morgan fingerprint density at radius 2 is 2.47 bits per heavy atom. The van der Waals surface area contributed by atoms with Crippen LogP contribution in [0.1, 0.15) is 44.4 Å². The number of piperidine rings is 1. The largest absolute Gasteiger partial charge is 0.372 e. The number of rotatable bonds is 6. The summed E-state index contributed by atoms with van der Waals surface area (Å²) in [5.74, 6) is 0.869. The maximum Gasteiger partial charge on any atom is 0.0944 e. The van der Waals surface area contributed by atoms with Crippen LogP contribution in [0.2, 0.25) is 0 Å². The highest BCUT2D eigenvalue weighted by Gasteiger charge is 2.12. The fourth-order valence-corrected chi connectivity index (χ4v) is 2.49. The third kappa shape index (κ3) is 4.17. The van der Waals surface area contributed by atoms with Gasteiger partial charge in [0.05, 0.1) is 6.10 Å². The molecule has 0 saturated carbocycles. The predicted octanol–water partition coefficient (Wildman–Crippen LogP) is 2.87. The second kappa shape index (κ2) is 6.82. The molecule has 1 aromatic rings. The van der Waals surface area contributed by atoms with Gasteiger partial charge in [-0.1, -0.05) is 0 Å². The molecule has 1 aromatic heterocycles. The van der Waals surface area contributed by atoms with Crippen LogP contribution in [0.15, 0.2) is 18.3 Å². The topological polar surface area (TPSA) is 37.0 Å². The van der Waals surface area contributed by atoms with Crippen molar-refractivity contribution in [2.75, 3.05) is 19.7 Å². The molecule has 0 amide bonds. The molecule has 2 rings (SSSR count). The van der Waals surface area contributed by atoms with Crippen molar-refractivity contribution < 1.29 is 4.74 Å². The van der Waals surface area contributed by atoms with E-state index >= 15 is 0 Å². The van der Waals surface area contributed by atoms with Gasteiger partial charge in [-0.15, -0.1) is 0 Å². The lowest BCUT2D eigenvalue weighted by atomic mass is 9.95. The van der Waals surface area contributed by atoms with E-state index < -0.39 is 0 Å². The summed E-state index contributed by atoms with van der Waals surface area (Å²) in [6, 6.07) is 4.10. The van der Waals surface area contributed by atoms with Crippen molar-refractivity contribution in [3.05, 3.63) is 24.0 Å². The highest BCUT2D eigenvalue weighted by molar-refractivity contribution is 5.06. The molecule has 1 saturated heterocycles. The molecule has 96 valence electrons. The smallest absolute Gasteiger partial charge is 0.0944 e. The van der Waals surface area contributed by atoms with E-state index in [0.29, 0.717) is 0 Å². The van der Waals surface area contributed by atoms with Gasteiger partial charge < -0.3 is 15.0 Å². The Kier molecular flexibility index (Phi) is 5.08. The SMILES string of the molecule is CC(OCCCC1CCCNC1)c1ccc[nH]1. The zero-order valence-electron chi connectivity index (χ0n) is 10.7. The van der Waals surface area contributed by atoms with Crippen LogP contribution in [0.5, 0.6) is 0 Å². The van der Waals surface area contributed by atoms with E-state index in [9.17, 15) is 0 Å². The lowest BCUT2D eigenvalue weighted by Gasteiger charge is -2.22. The highest BCUT2D eigenvalue weighted by Crippen LogP contribution is 2.18. The summed E-state index contributed by atoms with van der Waals surface area (Å²) < 4.78 is 5.83. The van der Waals surface area contributed by atoms with Gasteiger partial charge in [0.2, 0.25) is 0 Å². The second-order valence-electron chi connectivity index (χ2n) is 4.99. The highest BCUT2D eigenvalue weighted by atomic mass is 16.5. The first-order valence-corrected chi connectivity index (χ1v) is 6.82. The number of hydrogen-bond acceptors (Lipinski definition) is 2. The average Bonchev–Trinajstić information content (AvgIpc) is 2.89. The molecule has 0 bridgehead atoms. The molecular weight excluding hydrogens is 212 g/mol. The van der Waals surface area contributed by atoms with Gasteiger partial charge in [0, 0.05) is 18.5 Å². The average molecular weight is 236 g/mol. The zero-order valence-corrected chi connectivity index (χ0v) is 10.7. The quantitative estimate of drug-likeness (QED) is 0.745. The van der Waals surface area contributed by atoms with E-state index in [1.165, 1.54) is 44.5 Å². The molecule has 2 unspecified atom stereocenters. The lowest BCUT2D eigenvalue weighted by Crippen LogP contribution is -2.29. The van der Waals surface area contributed by atoms with Crippen LogP contribution in [0.4, 0.5) is 0 Å². The normalized spacial score (nSPS) is 22.5. The number of aromatic nitrogens is 1. The molecule has 0 aromatic carbocycles. The molecule has 1 aliphatic rings. The first-order chi connectivity index (χ1) is 8.36. The molecule has 2 N–H and O–H groups in total. The number of ether oxygens (including phenoxy) is 1. The minimum atomic E-state index is 0.189. The van der Waals surface area contributed by atoms with Crippen LogP contribution < -0.4 is 5.32 Å². The van der Waals surface area contributed by atoms with Crippen molar-refractivity contribution in [1.82, 2.24) is 10.3 Å². The summed E-state index contributed by atoms with van der Waals surface area (Å²) in [7, 11) is 0. The standard InChI is InChI=1S/C14H24N2O/c1-12(14-7-3-9-16-14)17-10-4-6-13-5-2-8-15-11-13/h3,7,9,12-13,15-16H,2,4-6,8,10-11H2,1H3. The molecular formula is C14H24N2O. The van der Waals surface area contributed by atoms with Crippen LogP contribution in [0.25, 0.3) is 0 Å². The predicted molar refractivity (Wildman–Crippen MR) is 70.0 cm³/mol. The van der Waals surface area contributed by atoms with Crippen molar-refractivity contribution in [1.29, 1.82) is 0 Å². The van der Waals surface area contributed by atoms with Crippen LogP contribution in [-0.4, -0.2) is 24.7 Å². The van der Waals surface area contributed by atoms with Crippen molar-refractivity contribution in [2.45, 2.75) is 38.7 Å². The van der Waals surface area contributed by atoms with Crippen LogP contribution in [0, 0.1) is 5.92 Å². The summed E-state index contributed by atoms with van der Waals surface area (Å²) in [5.41, 5.74) is 1.17. The van der Waals surface area contributed by atoms with Gasteiger partial charge in [0.1, 0.15) is 0 Å². The van der Waals surface area contributed by atoms with Crippen molar-refractivity contribution in [3.8, 4) is 0 Å². The first-order valence-electron chi connectivity index (χ1n) is 6.82. The fourth-order valence-electron chi connectivity index (χ4n) is 2.49. The maximum atomic E-state index is 5.83. The van der Waals surface area contributed by atoms with Gasteiger partial charge in [0.15, 0.2) is 0 Å². The van der Waals surface area contributed by atoms with E-state index in [-0.39, 0.29) is 6.10 Å². The Morgan fingerprint density at radius 1 is 1.53 bits per heavy atom. The first kappa shape index (κ1) is 12.7. The van der Waals surface area contributed by atoms with Gasteiger partial charge >= 0.3 is 0 Å². The molecule has 1 fully saturated rings. The monoisotopic (exact) mass is 236 g/mol. The Bertz CT molecular complexity index is 291. The Balaban J connectivity index is 1.56. The number of nitrogens with one attached hydrogen (secondary N) is 2. The van der Waals surface area contributed by atoms with E-state index in [4.69, 9.17) is 4.74 Å². The number of H-pyrrole nitrogens is 1. The van der Waals surface area contributed by atoms with Crippen LogP contribution in [-0.2, 0) is 4.74 Å². The molecule has 0 radical (unpaired) electrons. The van der Waals surface area contributed by atoms with Gasteiger partial charge in [0.25, 0.3) is 0 Å². The van der Waals surface area contributed by atoms with E-state index in [0.717, 1.165) is 12.5 Å². The Morgan fingerprint density at radius 3 is 3.18 bits per heavy atom. The summed E-state index contributed by atoms with van der Waals surface area (Å²) >= 11 is 0. The minimum Gasteiger partial charge on any atom is -0.372 e. The molecule has 2 heterocycles. The third-order valence-corrected chi connectivity index (χ3v) is 3.58. The van der Waals surface area contributed by atoms with Gasteiger partial charge in [-0.3, -0.25) is 0 Å². The minimum absolute atomic E-state index is 0.189. The molecule has 3 heteroatoms. The van der Waals surface area contributed by atoms with E-state index in [2.05, 4.69) is 23.3 Å². The maximum absolute atomic E-state index is 5.83. The second-order valence-corrected chi connectivity index (χ2v) is 4.99. The van der Waals surface area contributed by atoms with Crippen LogP contribution in [0.3, 0.4) is 0 Å².